The van der Waals surface area contributed by atoms with Gasteiger partial charge in [-0.05, 0) is 45.7 Å². The lowest BCUT2D eigenvalue weighted by molar-refractivity contribution is -0.124. The monoisotopic (exact) mass is 350 g/mol. The fourth-order valence-corrected chi connectivity index (χ4v) is 3.74. The van der Waals surface area contributed by atoms with Gasteiger partial charge in [0.1, 0.15) is 17.2 Å². The number of phenolic OH excluding ortho intramolecular Hbond substituents is 1. The molecule has 6 nitrogen and oxygen atoms in total. The van der Waals surface area contributed by atoms with Gasteiger partial charge in [-0.25, -0.2) is 9.18 Å². The molecule has 0 aromatic heterocycles. The van der Waals surface area contributed by atoms with Gasteiger partial charge in [-0.1, -0.05) is 0 Å². The maximum Gasteiger partial charge on any atom is 0.410 e. The number of likely N-dealkylation sites (tertiary alicyclic amines) is 1. The second-order valence-electron chi connectivity index (χ2n) is 7.70. The van der Waals surface area contributed by atoms with Crippen LogP contribution in [0.3, 0.4) is 0 Å². The van der Waals surface area contributed by atoms with Crippen molar-refractivity contribution in [1.29, 1.82) is 0 Å². The van der Waals surface area contributed by atoms with E-state index in [0.29, 0.717) is 25.9 Å². The predicted molar refractivity (Wildman–Crippen MR) is 90.2 cm³/mol. The molecule has 1 aromatic rings. The highest BCUT2D eigenvalue weighted by Crippen LogP contribution is 2.51. The van der Waals surface area contributed by atoms with Crippen LogP contribution in [0.2, 0.25) is 0 Å². The maximum absolute atomic E-state index is 14.5. The summed E-state index contributed by atoms with van der Waals surface area (Å²) in [5, 5.41) is 10.1. The van der Waals surface area contributed by atoms with Crippen LogP contribution in [-0.4, -0.2) is 47.7 Å². The lowest BCUT2D eigenvalue weighted by Gasteiger charge is -2.38. The van der Waals surface area contributed by atoms with Crippen molar-refractivity contribution >= 4 is 17.7 Å². The Hall–Kier alpha value is -2.31. The van der Waals surface area contributed by atoms with Crippen molar-refractivity contribution in [3.63, 3.8) is 0 Å². The molecule has 2 aliphatic rings. The predicted octanol–water partition coefficient (Wildman–Crippen LogP) is 2.78. The third kappa shape index (κ3) is 2.71. The van der Waals surface area contributed by atoms with Crippen LogP contribution < -0.4 is 4.90 Å². The quantitative estimate of drug-likeness (QED) is 0.781. The minimum absolute atomic E-state index is 0.112. The van der Waals surface area contributed by atoms with E-state index in [0.717, 1.165) is 0 Å². The van der Waals surface area contributed by atoms with E-state index in [-0.39, 0.29) is 22.9 Å². The molecule has 1 N–H and O–H groups in total. The Kier molecular flexibility index (Phi) is 3.93. The third-order valence-corrected chi connectivity index (χ3v) is 4.90. The van der Waals surface area contributed by atoms with Gasteiger partial charge in [-0.2, -0.15) is 0 Å². The van der Waals surface area contributed by atoms with Gasteiger partial charge in [-0.15, -0.1) is 0 Å². The molecule has 0 radical (unpaired) electrons. The average molecular weight is 350 g/mol. The zero-order valence-corrected chi connectivity index (χ0v) is 14.9. The number of carbonyl (C=O) groups excluding carboxylic acids is 2. The minimum Gasteiger partial charge on any atom is -0.506 e. The van der Waals surface area contributed by atoms with Gasteiger partial charge >= 0.3 is 6.09 Å². The Bertz CT molecular complexity index is 733. The first-order chi connectivity index (χ1) is 11.6. The van der Waals surface area contributed by atoms with Gasteiger partial charge in [0.25, 0.3) is 0 Å². The van der Waals surface area contributed by atoms with Crippen LogP contribution in [0.15, 0.2) is 12.1 Å². The molecule has 2 aliphatic heterocycles. The van der Waals surface area contributed by atoms with Crippen molar-refractivity contribution in [1.82, 2.24) is 4.90 Å². The van der Waals surface area contributed by atoms with Gasteiger partial charge in [0, 0.05) is 25.7 Å². The van der Waals surface area contributed by atoms with Gasteiger partial charge < -0.3 is 19.6 Å². The van der Waals surface area contributed by atoms with Crippen molar-refractivity contribution in [3.8, 4) is 5.75 Å². The Morgan fingerprint density at radius 2 is 1.88 bits per heavy atom. The van der Waals surface area contributed by atoms with Crippen LogP contribution in [0.25, 0.3) is 0 Å². The molecule has 0 aliphatic carbocycles. The molecule has 1 saturated heterocycles. The number of nitrogens with zero attached hydrogens (tertiary/aromatic N) is 2. The maximum atomic E-state index is 14.5. The number of anilines is 1. The second-order valence-corrected chi connectivity index (χ2v) is 7.70. The Morgan fingerprint density at radius 1 is 1.28 bits per heavy atom. The van der Waals surface area contributed by atoms with E-state index in [1.54, 1.807) is 25.7 Å². The molecule has 25 heavy (non-hydrogen) atoms. The molecule has 136 valence electrons. The highest BCUT2D eigenvalue weighted by Gasteiger charge is 2.54. The minimum atomic E-state index is -1.04. The van der Waals surface area contributed by atoms with Crippen LogP contribution >= 0.6 is 0 Å². The number of aromatic hydroxyl groups is 1. The van der Waals surface area contributed by atoms with E-state index in [1.165, 1.54) is 24.1 Å². The molecule has 2 amide bonds. The largest absolute Gasteiger partial charge is 0.506 e. The van der Waals surface area contributed by atoms with Crippen molar-refractivity contribution < 1.29 is 23.8 Å². The first-order valence-corrected chi connectivity index (χ1v) is 8.35. The summed E-state index contributed by atoms with van der Waals surface area (Å²) in [6.07, 6.45) is 0.156. The zero-order valence-electron chi connectivity index (χ0n) is 14.9. The van der Waals surface area contributed by atoms with Gasteiger partial charge in [0.05, 0.1) is 11.1 Å². The summed E-state index contributed by atoms with van der Waals surface area (Å²) in [4.78, 5) is 27.9. The van der Waals surface area contributed by atoms with Crippen LogP contribution in [0.5, 0.6) is 5.75 Å². The van der Waals surface area contributed by atoms with E-state index < -0.39 is 22.9 Å². The summed E-state index contributed by atoms with van der Waals surface area (Å²) < 4.78 is 19.9. The SMILES string of the molecule is CN1C(=O)C2(CCN(C(=O)OC(C)(C)C)CC2)c2c(F)ccc(O)c21. The molecule has 3 rings (SSSR count). The summed E-state index contributed by atoms with van der Waals surface area (Å²) in [7, 11) is 1.54. The van der Waals surface area contributed by atoms with Gasteiger partial charge in [0.2, 0.25) is 5.91 Å². The number of benzene rings is 1. The topological polar surface area (TPSA) is 70.1 Å². The van der Waals surface area contributed by atoms with Gasteiger partial charge in [0.15, 0.2) is 0 Å². The molecule has 7 heteroatoms. The number of amides is 2. The number of phenols is 1. The van der Waals surface area contributed by atoms with E-state index in [2.05, 4.69) is 0 Å². The fraction of sp³-hybridized carbons (Fsp3) is 0.556. The molecule has 2 heterocycles. The summed E-state index contributed by atoms with van der Waals surface area (Å²) in [5.41, 5.74) is -1.16. The molecule has 1 spiro atoms. The molecule has 1 fully saturated rings. The molecule has 1 aromatic carbocycles. The molecular formula is C18H23FN2O4. The van der Waals surface area contributed by atoms with Crippen molar-refractivity contribution in [2.75, 3.05) is 25.0 Å². The first kappa shape index (κ1) is 17.5. The lowest BCUT2D eigenvalue weighted by Crippen LogP contribution is -2.50. The standard InChI is InChI=1S/C18H23FN2O4/c1-17(2,3)25-16(24)21-9-7-18(8-10-21)13-11(19)5-6-12(22)14(13)20(4)15(18)23/h5-6,22H,7-10H2,1-4H3. The van der Waals surface area contributed by atoms with E-state index in [9.17, 15) is 19.1 Å². The summed E-state index contributed by atoms with van der Waals surface area (Å²) in [6.45, 7) is 5.96. The molecule has 0 saturated carbocycles. The molecular weight excluding hydrogens is 327 g/mol. The van der Waals surface area contributed by atoms with E-state index in [4.69, 9.17) is 4.74 Å². The van der Waals surface area contributed by atoms with Gasteiger partial charge in [-0.3, -0.25) is 4.79 Å². The van der Waals surface area contributed by atoms with Crippen LogP contribution in [0.1, 0.15) is 39.2 Å². The normalized spacial score (nSPS) is 19.3. The fourth-order valence-electron chi connectivity index (χ4n) is 3.74. The molecule has 0 bridgehead atoms. The Morgan fingerprint density at radius 3 is 2.44 bits per heavy atom. The zero-order chi connectivity index (χ0) is 18.6. The number of fused-ring (bicyclic) bond motifs is 2. The van der Waals surface area contributed by atoms with Crippen LogP contribution in [0, 0.1) is 5.82 Å². The summed E-state index contributed by atoms with van der Waals surface area (Å²) >= 11 is 0. The van der Waals surface area contributed by atoms with E-state index >= 15 is 0 Å². The number of likely N-dealkylation sites (N-methyl/N-ethyl adjacent to an activating group) is 1. The average Bonchev–Trinajstić information content (AvgIpc) is 2.73. The van der Waals surface area contributed by atoms with Crippen molar-refractivity contribution in [2.45, 2.75) is 44.6 Å². The first-order valence-electron chi connectivity index (χ1n) is 8.35. The number of halogens is 1. The Balaban J connectivity index is 1.88. The number of ether oxygens (including phenoxy) is 1. The number of rotatable bonds is 0. The summed E-state index contributed by atoms with van der Waals surface area (Å²) in [5.74, 6) is -0.860. The highest BCUT2D eigenvalue weighted by molar-refractivity contribution is 6.09. The second kappa shape index (κ2) is 5.61. The number of hydrogen-bond donors (Lipinski definition) is 1. The smallest absolute Gasteiger partial charge is 0.410 e. The third-order valence-electron chi connectivity index (χ3n) is 4.90. The molecule has 0 atom stereocenters. The van der Waals surface area contributed by atoms with Crippen molar-refractivity contribution in [2.24, 2.45) is 0 Å². The Labute approximate surface area is 146 Å². The summed E-state index contributed by atoms with van der Waals surface area (Å²) in [6, 6.07) is 2.44. The lowest BCUT2D eigenvalue weighted by atomic mass is 9.73. The van der Waals surface area contributed by atoms with Crippen LogP contribution in [0.4, 0.5) is 14.9 Å². The number of hydrogen-bond acceptors (Lipinski definition) is 4. The molecule has 0 unspecified atom stereocenters. The number of piperidine rings is 1. The number of carbonyl (C=O) groups is 2. The van der Waals surface area contributed by atoms with Crippen LogP contribution in [-0.2, 0) is 14.9 Å². The van der Waals surface area contributed by atoms with E-state index in [1.807, 2.05) is 0 Å². The highest BCUT2D eigenvalue weighted by atomic mass is 19.1. The van der Waals surface area contributed by atoms with Crippen molar-refractivity contribution in [3.05, 3.63) is 23.5 Å².